The molecule has 0 radical (unpaired) electrons. The Morgan fingerprint density at radius 2 is 1.95 bits per heavy atom. The fourth-order valence-electron chi connectivity index (χ4n) is 2.96. The Balaban J connectivity index is 2.15. The Morgan fingerprint density at radius 1 is 1.25 bits per heavy atom. The molecule has 1 fully saturated rings. The Morgan fingerprint density at radius 3 is 2.45 bits per heavy atom. The molecule has 2 rings (SSSR count). The molecule has 0 unspecified atom stereocenters. The molecule has 3 heteroatoms. The second kappa shape index (κ2) is 6.57. The van der Waals surface area contributed by atoms with E-state index in [4.69, 9.17) is 10.7 Å². The van der Waals surface area contributed by atoms with Crippen LogP contribution in [0.5, 0.6) is 0 Å². The molecule has 1 heterocycles. The van der Waals surface area contributed by atoms with Gasteiger partial charge in [0.15, 0.2) is 0 Å². The number of aromatic nitrogens is 1. The van der Waals surface area contributed by atoms with E-state index in [1.807, 2.05) is 6.20 Å². The van der Waals surface area contributed by atoms with Gasteiger partial charge in [-0.3, -0.25) is 0 Å². The fraction of sp³-hybridized carbons (Fsp3) is 0.706. The minimum Gasteiger partial charge on any atom is -0.354 e. The predicted molar refractivity (Wildman–Crippen MR) is 86.2 cm³/mol. The lowest BCUT2D eigenvalue weighted by Crippen LogP contribution is -2.35. The standard InChI is InChI=1S/C17H29N3/c1-17(2,3)14-9-10-16(19-13-14)20(12-6-11-18)15-7-4-5-8-15/h9-10,13,15H,4-8,11-12,18H2,1-3H3. The average molecular weight is 275 g/mol. The highest BCUT2D eigenvalue weighted by Gasteiger charge is 2.23. The van der Waals surface area contributed by atoms with E-state index in [0.717, 1.165) is 25.3 Å². The third kappa shape index (κ3) is 3.72. The van der Waals surface area contributed by atoms with Gasteiger partial charge >= 0.3 is 0 Å². The van der Waals surface area contributed by atoms with Gasteiger partial charge in [-0.05, 0) is 42.9 Å². The zero-order valence-corrected chi connectivity index (χ0v) is 13.2. The van der Waals surface area contributed by atoms with Crippen molar-refractivity contribution in [3.63, 3.8) is 0 Å². The molecule has 0 amide bonds. The maximum atomic E-state index is 5.69. The van der Waals surface area contributed by atoms with Crippen molar-refractivity contribution in [2.75, 3.05) is 18.0 Å². The largest absolute Gasteiger partial charge is 0.354 e. The van der Waals surface area contributed by atoms with E-state index in [0.29, 0.717) is 6.04 Å². The molecule has 0 aliphatic heterocycles. The van der Waals surface area contributed by atoms with Crippen molar-refractivity contribution < 1.29 is 0 Å². The first-order valence-corrected chi connectivity index (χ1v) is 7.95. The van der Waals surface area contributed by atoms with Crippen LogP contribution in [0.3, 0.4) is 0 Å². The smallest absolute Gasteiger partial charge is 0.128 e. The van der Waals surface area contributed by atoms with Crippen molar-refractivity contribution >= 4 is 5.82 Å². The highest BCUT2D eigenvalue weighted by atomic mass is 15.2. The summed E-state index contributed by atoms with van der Waals surface area (Å²) >= 11 is 0. The lowest BCUT2D eigenvalue weighted by Gasteiger charge is -2.30. The molecule has 1 saturated carbocycles. The van der Waals surface area contributed by atoms with Crippen LogP contribution >= 0.6 is 0 Å². The van der Waals surface area contributed by atoms with Gasteiger partial charge in [0.2, 0.25) is 0 Å². The van der Waals surface area contributed by atoms with Crippen LogP contribution in [0.1, 0.15) is 58.4 Å². The third-order valence-corrected chi connectivity index (χ3v) is 4.28. The van der Waals surface area contributed by atoms with Gasteiger partial charge in [0.25, 0.3) is 0 Å². The maximum absolute atomic E-state index is 5.69. The van der Waals surface area contributed by atoms with Crippen LogP contribution in [0.4, 0.5) is 5.82 Å². The monoisotopic (exact) mass is 275 g/mol. The Bertz CT molecular complexity index is 399. The molecule has 20 heavy (non-hydrogen) atoms. The lowest BCUT2D eigenvalue weighted by molar-refractivity contribution is 0.577. The van der Waals surface area contributed by atoms with Gasteiger partial charge in [0, 0.05) is 18.8 Å². The highest BCUT2D eigenvalue weighted by Crippen LogP contribution is 2.29. The van der Waals surface area contributed by atoms with Crippen molar-refractivity contribution in [2.45, 2.75) is 64.3 Å². The van der Waals surface area contributed by atoms with Gasteiger partial charge in [0.05, 0.1) is 0 Å². The molecule has 2 N–H and O–H groups in total. The molecule has 0 saturated heterocycles. The van der Waals surface area contributed by atoms with Crippen molar-refractivity contribution in [1.29, 1.82) is 0 Å². The second-order valence-corrected chi connectivity index (χ2v) is 6.93. The van der Waals surface area contributed by atoms with Crippen LogP contribution in [0.2, 0.25) is 0 Å². The average Bonchev–Trinajstić information content (AvgIpc) is 2.93. The molecule has 0 aromatic carbocycles. The van der Waals surface area contributed by atoms with Gasteiger partial charge in [-0.25, -0.2) is 4.98 Å². The third-order valence-electron chi connectivity index (χ3n) is 4.28. The van der Waals surface area contributed by atoms with E-state index in [1.54, 1.807) is 0 Å². The van der Waals surface area contributed by atoms with Crippen molar-refractivity contribution in [1.82, 2.24) is 4.98 Å². The maximum Gasteiger partial charge on any atom is 0.128 e. The molecule has 112 valence electrons. The van der Waals surface area contributed by atoms with Crippen LogP contribution in [-0.4, -0.2) is 24.1 Å². The first-order valence-electron chi connectivity index (χ1n) is 7.95. The molecule has 3 nitrogen and oxygen atoms in total. The van der Waals surface area contributed by atoms with Gasteiger partial charge < -0.3 is 10.6 Å². The van der Waals surface area contributed by atoms with E-state index in [2.05, 4.69) is 37.8 Å². The number of nitrogens with two attached hydrogens (primary N) is 1. The Kier molecular flexibility index (Phi) is 5.03. The molecular formula is C17H29N3. The summed E-state index contributed by atoms with van der Waals surface area (Å²) in [5.74, 6) is 1.12. The van der Waals surface area contributed by atoms with Crippen LogP contribution in [-0.2, 0) is 5.41 Å². The van der Waals surface area contributed by atoms with Crippen LogP contribution in [0.25, 0.3) is 0 Å². The molecule has 0 atom stereocenters. The quantitative estimate of drug-likeness (QED) is 0.894. The molecule has 0 spiro atoms. The summed E-state index contributed by atoms with van der Waals surface area (Å²) in [4.78, 5) is 7.21. The van der Waals surface area contributed by atoms with E-state index in [1.165, 1.54) is 31.2 Å². The SMILES string of the molecule is CC(C)(C)c1ccc(N(CCCN)C2CCCC2)nc1. The molecule has 1 aliphatic rings. The minimum atomic E-state index is 0.168. The van der Waals surface area contributed by atoms with Gasteiger partial charge in [-0.1, -0.05) is 39.7 Å². The van der Waals surface area contributed by atoms with Crippen molar-refractivity contribution in [2.24, 2.45) is 5.73 Å². The second-order valence-electron chi connectivity index (χ2n) is 6.93. The zero-order valence-electron chi connectivity index (χ0n) is 13.2. The molecule has 1 aliphatic carbocycles. The summed E-state index contributed by atoms with van der Waals surface area (Å²) in [5.41, 5.74) is 7.15. The Labute approximate surface area is 123 Å². The number of hydrogen-bond acceptors (Lipinski definition) is 3. The van der Waals surface area contributed by atoms with Crippen LogP contribution in [0, 0.1) is 0 Å². The predicted octanol–water partition coefficient (Wildman–Crippen LogP) is 3.48. The van der Waals surface area contributed by atoms with Crippen molar-refractivity contribution in [3.8, 4) is 0 Å². The van der Waals surface area contributed by atoms with Gasteiger partial charge in [0.1, 0.15) is 5.82 Å². The topological polar surface area (TPSA) is 42.1 Å². The minimum absolute atomic E-state index is 0.168. The number of hydrogen-bond donors (Lipinski definition) is 1. The van der Waals surface area contributed by atoms with E-state index < -0.39 is 0 Å². The number of pyridine rings is 1. The Hall–Kier alpha value is -1.09. The first kappa shape index (κ1) is 15.3. The zero-order chi connectivity index (χ0) is 14.6. The van der Waals surface area contributed by atoms with Gasteiger partial charge in [-0.2, -0.15) is 0 Å². The molecule has 1 aromatic heterocycles. The summed E-state index contributed by atoms with van der Waals surface area (Å²) in [7, 11) is 0. The summed E-state index contributed by atoms with van der Waals surface area (Å²) in [5, 5.41) is 0. The fourth-order valence-corrected chi connectivity index (χ4v) is 2.96. The highest BCUT2D eigenvalue weighted by molar-refractivity contribution is 5.42. The molecule has 1 aromatic rings. The normalized spacial score (nSPS) is 16.6. The summed E-state index contributed by atoms with van der Waals surface area (Å²) < 4.78 is 0. The van der Waals surface area contributed by atoms with E-state index in [9.17, 15) is 0 Å². The summed E-state index contributed by atoms with van der Waals surface area (Å²) in [6.45, 7) is 8.47. The van der Waals surface area contributed by atoms with Crippen LogP contribution in [0.15, 0.2) is 18.3 Å². The number of nitrogens with zero attached hydrogens (tertiary/aromatic N) is 2. The number of anilines is 1. The van der Waals surface area contributed by atoms with E-state index >= 15 is 0 Å². The summed E-state index contributed by atoms with van der Waals surface area (Å²) in [6, 6.07) is 5.08. The number of rotatable bonds is 5. The van der Waals surface area contributed by atoms with Crippen molar-refractivity contribution in [3.05, 3.63) is 23.9 Å². The summed E-state index contributed by atoms with van der Waals surface area (Å²) in [6.07, 6.45) is 8.38. The molecule has 0 bridgehead atoms. The van der Waals surface area contributed by atoms with Crippen LogP contribution < -0.4 is 10.6 Å². The molecular weight excluding hydrogens is 246 g/mol. The first-order chi connectivity index (χ1) is 9.52. The van der Waals surface area contributed by atoms with Gasteiger partial charge in [-0.15, -0.1) is 0 Å². The van der Waals surface area contributed by atoms with E-state index in [-0.39, 0.29) is 5.41 Å². The lowest BCUT2D eigenvalue weighted by atomic mass is 9.88.